The van der Waals surface area contributed by atoms with Crippen LogP contribution in [-0.4, -0.2) is 22.1 Å². The number of aromatic nitrogens is 2. The van der Waals surface area contributed by atoms with Gasteiger partial charge in [-0.2, -0.15) is 4.98 Å². The zero-order valence-electron chi connectivity index (χ0n) is 13.4. The van der Waals surface area contributed by atoms with Crippen LogP contribution in [0.1, 0.15) is 44.6 Å². The first-order chi connectivity index (χ1) is 10.6. The zero-order valence-corrected chi connectivity index (χ0v) is 13.4. The monoisotopic (exact) mass is 301 g/mol. The van der Waals surface area contributed by atoms with Crippen molar-refractivity contribution in [3.8, 4) is 11.4 Å². The van der Waals surface area contributed by atoms with Gasteiger partial charge in [0.2, 0.25) is 17.6 Å². The summed E-state index contributed by atoms with van der Waals surface area (Å²) in [6.07, 6.45) is 2.88. The molecule has 118 valence electrons. The molecule has 0 unspecified atom stereocenters. The highest BCUT2D eigenvalue weighted by atomic mass is 16.5. The number of nitrogens with one attached hydrogen (secondary N) is 1. The Morgan fingerprint density at radius 3 is 2.73 bits per heavy atom. The summed E-state index contributed by atoms with van der Waals surface area (Å²) >= 11 is 0. The maximum Gasteiger partial charge on any atom is 0.227 e. The number of hydrogen-bond donors (Lipinski definition) is 1. The van der Waals surface area contributed by atoms with Crippen molar-refractivity contribution >= 4 is 5.91 Å². The van der Waals surface area contributed by atoms with Crippen LogP contribution in [0.4, 0.5) is 0 Å². The van der Waals surface area contributed by atoms with Gasteiger partial charge < -0.3 is 9.84 Å². The Morgan fingerprint density at radius 1 is 1.32 bits per heavy atom. The van der Waals surface area contributed by atoms with E-state index < -0.39 is 0 Å². The number of carbonyl (C=O) groups excluding carboxylic acids is 1. The molecule has 1 atom stereocenters. The van der Waals surface area contributed by atoms with Crippen molar-refractivity contribution in [3.63, 3.8) is 0 Å². The molecule has 22 heavy (non-hydrogen) atoms. The first-order valence-electron chi connectivity index (χ1n) is 7.77. The second-order valence-electron chi connectivity index (χ2n) is 5.63. The number of benzene rings is 1. The largest absolute Gasteiger partial charge is 0.354 e. The molecule has 0 aliphatic carbocycles. The SMILES string of the molecule is CCC[C@H](C)NC(=O)CCc1nc(-c2ccc(C)cc2)no1. The van der Waals surface area contributed by atoms with Gasteiger partial charge in [-0.15, -0.1) is 0 Å². The molecule has 0 fully saturated rings. The van der Waals surface area contributed by atoms with Gasteiger partial charge in [0.25, 0.3) is 0 Å². The van der Waals surface area contributed by atoms with Gasteiger partial charge >= 0.3 is 0 Å². The second-order valence-corrected chi connectivity index (χ2v) is 5.63. The van der Waals surface area contributed by atoms with E-state index in [0.717, 1.165) is 18.4 Å². The highest BCUT2D eigenvalue weighted by molar-refractivity contribution is 5.76. The Hall–Kier alpha value is -2.17. The summed E-state index contributed by atoms with van der Waals surface area (Å²) in [6, 6.07) is 8.15. The van der Waals surface area contributed by atoms with Gasteiger partial charge in [0.15, 0.2) is 0 Å². The molecule has 5 heteroatoms. The first kappa shape index (κ1) is 16.2. The molecule has 0 aliphatic rings. The number of carbonyl (C=O) groups is 1. The molecule has 0 bridgehead atoms. The normalized spacial score (nSPS) is 12.1. The van der Waals surface area contributed by atoms with Gasteiger partial charge in [-0.25, -0.2) is 0 Å². The Morgan fingerprint density at radius 2 is 2.05 bits per heavy atom. The third kappa shape index (κ3) is 4.69. The molecule has 0 aliphatic heterocycles. The maximum absolute atomic E-state index is 11.8. The molecule has 0 radical (unpaired) electrons. The smallest absolute Gasteiger partial charge is 0.227 e. The van der Waals surface area contributed by atoms with Crippen LogP contribution in [0.3, 0.4) is 0 Å². The first-order valence-corrected chi connectivity index (χ1v) is 7.77. The van der Waals surface area contributed by atoms with Crippen LogP contribution in [-0.2, 0) is 11.2 Å². The average Bonchev–Trinajstić information content (AvgIpc) is 2.95. The van der Waals surface area contributed by atoms with Crippen LogP contribution in [0, 0.1) is 6.92 Å². The predicted octanol–water partition coefficient (Wildman–Crippen LogP) is 3.28. The molecule has 1 N–H and O–H groups in total. The fourth-order valence-corrected chi connectivity index (χ4v) is 2.25. The number of rotatable bonds is 7. The Balaban J connectivity index is 1.87. The molecular formula is C17H23N3O2. The van der Waals surface area contributed by atoms with E-state index in [1.54, 1.807) is 0 Å². The summed E-state index contributed by atoms with van der Waals surface area (Å²) in [5.74, 6) is 1.08. The van der Waals surface area contributed by atoms with E-state index in [-0.39, 0.29) is 11.9 Å². The molecule has 1 amide bonds. The van der Waals surface area contributed by atoms with Crippen LogP contribution < -0.4 is 5.32 Å². The van der Waals surface area contributed by atoms with Crippen molar-refractivity contribution in [1.29, 1.82) is 0 Å². The third-order valence-corrected chi connectivity index (χ3v) is 3.47. The van der Waals surface area contributed by atoms with Crippen molar-refractivity contribution in [2.75, 3.05) is 0 Å². The van der Waals surface area contributed by atoms with Crippen molar-refractivity contribution in [2.24, 2.45) is 0 Å². The van der Waals surface area contributed by atoms with Crippen LogP contribution in [0.25, 0.3) is 11.4 Å². The van der Waals surface area contributed by atoms with Gasteiger partial charge in [-0.05, 0) is 20.3 Å². The highest BCUT2D eigenvalue weighted by Gasteiger charge is 2.11. The fourth-order valence-electron chi connectivity index (χ4n) is 2.25. The summed E-state index contributed by atoms with van der Waals surface area (Å²) in [6.45, 7) is 6.15. The van der Waals surface area contributed by atoms with E-state index in [1.165, 1.54) is 5.56 Å². The number of amides is 1. The molecular weight excluding hydrogens is 278 g/mol. The minimum absolute atomic E-state index is 0.0241. The maximum atomic E-state index is 11.8. The lowest BCUT2D eigenvalue weighted by atomic mass is 10.1. The molecule has 0 saturated carbocycles. The minimum atomic E-state index is 0.0241. The van der Waals surface area contributed by atoms with Crippen molar-refractivity contribution in [3.05, 3.63) is 35.7 Å². The van der Waals surface area contributed by atoms with Crippen LogP contribution in [0.2, 0.25) is 0 Å². The lowest BCUT2D eigenvalue weighted by Gasteiger charge is -2.11. The molecule has 5 nitrogen and oxygen atoms in total. The summed E-state index contributed by atoms with van der Waals surface area (Å²) in [4.78, 5) is 16.2. The lowest BCUT2D eigenvalue weighted by Crippen LogP contribution is -2.32. The van der Waals surface area contributed by atoms with E-state index in [9.17, 15) is 4.79 Å². The van der Waals surface area contributed by atoms with Gasteiger partial charge in [-0.1, -0.05) is 48.3 Å². The molecule has 2 aromatic rings. The topological polar surface area (TPSA) is 68.0 Å². The Labute approximate surface area is 131 Å². The number of aryl methyl sites for hydroxylation is 2. The van der Waals surface area contributed by atoms with Crippen LogP contribution >= 0.6 is 0 Å². The average molecular weight is 301 g/mol. The summed E-state index contributed by atoms with van der Waals surface area (Å²) in [5, 5.41) is 6.93. The van der Waals surface area contributed by atoms with Crippen molar-refractivity contribution in [1.82, 2.24) is 15.5 Å². The van der Waals surface area contributed by atoms with E-state index >= 15 is 0 Å². The summed E-state index contributed by atoms with van der Waals surface area (Å²) < 4.78 is 5.21. The number of hydrogen-bond acceptors (Lipinski definition) is 4. The predicted molar refractivity (Wildman–Crippen MR) is 85.3 cm³/mol. The van der Waals surface area contributed by atoms with Gasteiger partial charge in [-0.3, -0.25) is 4.79 Å². The molecule has 0 spiro atoms. The molecule has 0 saturated heterocycles. The standard InChI is InChI=1S/C17H23N3O2/c1-4-5-13(3)18-15(21)10-11-16-19-17(20-22-16)14-8-6-12(2)7-9-14/h6-9,13H,4-5,10-11H2,1-3H3,(H,18,21)/t13-/m0/s1. The van der Waals surface area contributed by atoms with E-state index in [0.29, 0.717) is 24.6 Å². The van der Waals surface area contributed by atoms with E-state index in [4.69, 9.17) is 4.52 Å². The van der Waals surface area contributed by atoms with Crippen molar-refractivity contribution in [2.45, 2.75) is 52.5 Å². The van der Waals surface area contributed by atoms with Crippen LogP contribution in [0.15, 0.2) is 28.8 Å². The molecule has 2 rings (SSSR count). The lowest BCUT2D eigenvalue weighted by molar-refractivity contribution is -0.121. The second kappa shape index (κ2) is 7.73. The zero-order chi connectivity index (χ0) is 15.9. The Bertz CT molecular complexity index is 605. The van der Waals surface area contributed by atoms with Crippen LogP contribution in [0.5, 0.6) is 0 Å². The van der Waals surface area contributed by atoms with Crippen molar-refractivity contribution < 1.29 is 9.32 Å². The quantitative estimate of drug-likeness (QED) is 0.852. The third-order valence-electron chi connectivity index (χ3n) is 3.47. The highest BCUT2D eigenvalue weighted by Crippen LogP contribution is 2.16. The van der Waals surface area contributed by atoms with Gasteiger partial charge in [0, 0.05) is 24.4 Å². The molecule has 1 heterocycles. The fraction of sp³-hybridized carbons (Fsp3) is 0.471. The summed E-state index contributed by atoms with van der Waals surface area (Å²) in [5.41, 5.74) is 2.10. The molecule has 1 aromatic heterocycles. The van der Waals surface area contributed by atoms with Gasteiger partial charge in [0.05, 0.1) is 0 Å². The minimum Gasteiger partial charge on any atom is -0.354 e. The molecule has 1 aromatic carbocycles. The Kier molecular flexibility index (Phi) is 5.69. The number of nitrogens with zero attached hydrogens (tertiary/aromatic N) is 2. The van der Waals surface area contributed by atoms with Gasteiger partial charge in [0.1, 0.15) is 0 Å². The summed E-state index contributed by atoms with van der Waals surface area (Å²) in [7, 11) is 0. The van der Waals surface area contributed by atoms with E-state index in [1.807, 2.05) is 38.1 Å². The van der Waals surface area contributed by atoms with E-state index in [2.05, 4.69) is 22.4 Å².